The molecule has 0 fully saturated rings. The lowest BCUT2D eigenvalue weighted by Gasteiger charge is -1.88. The molecule has 0 aromatic heterocycles. The Balaban J connectivity index is 4.10. The van der Waals surface area contributed by atoms with Crippen LogP contribution in [-0.2, 0) is 0 Å². The average Bonchev–Trinajstić information content (AvgIpc) is 1.98. The van der Waals surface area contributed by atoms with Gasteiger partial charge in [0.15, 0.2) is 0 Å². The summed E-state index contributed by atoms with van der Waals surface area (Å²) < 4.78 is 0. The average molecular weight is 134 g/mol. The zero-order valence-corrected chi connectivity index (χ0v) is 6.72. The number of hydrogen-bond donors (Lipinski definition) is 0. The first-order valence-electron chi connectivity index (χ1n) is 3.49. The van der Waals surface area contributed by atoms with Crippen molar-refractivity contribution in [1.29, 1.82) is 0 Å². The van der Waals surface area contributed by atoms with E-state index in [-0.39, 0.29) is 0 Å². The van der Waals surface area contributed by atoms with E-state index in [1.54, 1.807) is 0 Å². The molecular weight excluding hydrogens is 120 g/mol. The highest BCUT2D eigenvalue weighted by Crippen LogP contribution is 2.00. The summed E-state index contributed by atoms with van der Waals surface area (Å²) in [6.45, 7) is 7.65. The number of hydrogen-bond acceptors (Lipinski definition) is 0. The fourth-order valence-corrected chi connectivity index (χ4v) is 0.631. The van der Waals surface area contributed by atoms with Crippen molar-refractivity contribution in [3.8, 4) is 0 Å². The molecule has 0 spiro atoms. The first-order chi connectivity index (χ1) is 4.85. The van der Waals surface area contributed by atoms with Crippen molar-refractivity contribution in [3.63, 3.8) is 0 Å². The van der Waals surface area contributed by atoms with Crippen LogP contribution in [0.25, 0.3) is 0 Å². The van der Waals surface area contributed by atoms with Gasteiger partial charge in [0.1, 0.15) is 0 Å². The molecule has 0 aliphatic carbocycles. The molecule has 54 valence electrons. The second-order valence-electron chi connectivity index (χ2n) is 1.94. The van der Waals surface area contributed by atoms with Crippen LogP contribution >= 0.6 is 0 Å². The van der Waals surface area contributed by atoms with Crippen LogP contribution in [-0.4, -0.2) is 0 Å². The van der Waals surface area contributed by atoms with Crippen LogP contribution in [0.4, 0.5) is 0 Å². The van der Waals surface area contributed by atoms with Gasteiger partial charge in [-0.15, -0.1) is 5.73 Å². The Kier molecular flexibility index (Phi) is 5.51. The van der Waals surface area contributed by atoms with Crippen molar-refractivity contribution < 1.29 is 0 Å². The largest absolute Gasteiger partial charge is 0.122 e. The molecular formula is C10H14. The summed E-state index contributed by atoms with van der Waals surface area (Å²) in [5.74, 6) is 0. The lowest BCUT2D eigenvalue weighted by molar-refractivity contribution is 1.29. The maximum atomic E-state index is 3.68. The topological polar surface area (TPSA) is 0 Å². The predicted molar refractivity (Wildman–Crippen MR) is 46.9 cm³/mol. The summed E-state index contributed by atoms with van der Waals surface area (Å²) in [5.41, 5.74) is 4.23. The molecule has 10 heavy (non-hydrogen) atoms. The minimum atomic E-state index is 0.935. The quantitative estimate of drug-likeness (QED) is 0.316. The summed E-state index contributed by atoms with van der Waals surface area (Å²) in [7, 11) is 0. The van der Waals surface area contributed by atoms with Gasteiger partial charge in [0.2, 0.25) is 0 Å². The van der Waals surface area contributed by atoms with Gasteiger partial charge in [-0.3, -0.25) is 0 Å². The van der Waals surface area contributed by atoms with Crippen molar-refractivity contribution in [2.45, 2.75) is 20.3 Å². The Morgan fingerprint density at radius 3 is 2.60 bits per heavy atom. The van der Waals surface area contributed by atoms with E-state index < -0.39 is 0 Å². The molecule has 0 amide bonds. The highest BCUT2D eigenvalue weighted by molar-refractivity contribution is 5.18. The molecule has 0 atom stereocenters. The van der Waals surface area contributed by atoms with Crippen LogP contribution in [0.5, 0.6) is 0 Å². The molecule has 0 aromatic rings. The second kappa shape index (κ2) is 6.12. The van der Waals surface area contributed by atoms with Gasteiger partial charge in [0.25, 0.3) is 0 Å². The zero-order chi connectivity index (χ0) is 7.82. The van der Waals surface area contributed by atoms with Crippen molar-refractivity contribution >= 4 is 0 Å². The summed E-state index contributed by atoms with van der Waals surface area (Å²) in [4.78, 5) is 0. The van der Waals surface area contributed by atoms with E-state index in [0.29, 0.717) is 0 Å². The maximum Gasteiger partial charge on any atom is -0.00242 e. The van der Waals surface area contributed by atoms with Crippen molar-refractivity contribution in [2.75, 3.05) is 0 Å². The Labute approximate surface area is 63.3 Å². The standard InChI is InChI=1S/C10H14/c1-4-7-9-10(6-3)8-5-2/h4-7H,3,9H2,1-2H3. The van der Waals surface area contributed by atoms with Gasteiger partial charge < -0.3 is 0 Å². The lowest BCUT2D eigenvalue weighted by atomic mass is 10.2. The summed E-state index contributed by atoms with van der Waals surface area (Å²) in [6.07, 6.45) is 8.79. The van der Waals surface area contributed by atoms with E-state index in [0.717, 1.165) is 12.0 Å². The maximum absolute atomic E-state index is 3.68. The SMILES string of the molecule is C=CC(=C=CC)CC=CC. The zero-order valence-electron chi connectivity index (χ0n) is 6.72. The van der Waals surface area contributed by atoms with Crippen LogP contribution in [0.15, 0.2) is 42.2 Å². The van der Waals surface area contributed by atoms with Gasteiger partial charge in [-0.2, -0.15) is 0 Å². The van der Waals surface area contributed by atoms with Crippen molar-refractivity contribution in [3.05, 3.63) is 42.2 Å². The van der Waals surface area contributed by atoms with Crippen molar-refractivity contribution in [2.24, 2.45) is 0 Å². The van der Waals surface area contributed by atoms with E-state index in [1.165, 1.54) is 0 Å². The summed E-state index contributed by atoms with van der Waals surface area (Å²) in [5, 5.41) is 0. The summed E-state index contributed by atoms with van der Waals surface area (Å²) in [6, 6.07) is 0. The van der Waals surface area contributed by atoms with E-state index in [2.05, 4.69) is 18.4 Å². The molecule has 0 aromatic carbocycles. The molecule has 0 saturated heterocycles. The second-order valence-corrected chi connectivity index (χ2v) is 1.94. The Bertz CT molecular complexity index is 176. The van der Waals surface area contributed by atoms with E-state index in [1.807, 2.05) is 32.1 Å². The molecule has 0 unspecified atom stereocenters. The third-order valence-corrected chi connectivity index (χ3v) is 1.15. The molecule has 0 nitrogen and oxygen atoms in total. The van der Waals surface area contributed by atoms with Crippen LogP contribution in [0.2, 0.25) is 0 Å². The van der Waals surface area contributed by atoms with Gasteiger partial charge in [0, 0.05) is 0 Å². The van der Waals surface area contributed by atoms with Gasteiger partial charge in [-0.1, -0.05) is 24.8 Å². The predicted octanol–water partition coefficient (Wildman–Crippen LogP) is 3.24. The smallest absolute Gasteiger partial charge is 0.00242 e. The lowest BCUT2D eigenvalue weighted by Crippen LogP contribution is -1.69. The van der Waals surface area contributed by atoms with Crippen molar-refractivity contribution in [1.82, 2.24) is 0 Å². The third-order valence-electron chi connectivity index (χ3n) is 1.15. The number of rotatable bonds is 3. The van der Waals surface area contributed by atoms with E-state index in [9.17, 15) is 0 Å². The first-order valence-corrected chi connectivity index (χ1v) is 3.49. The van der Waals surface area contributed by atoms with Gasteiger partial charge >= 0.3 is 0 Å². The molecule has 0 rings (SSSR count). The summed E-state index contributed by atoms with van der Waals surface area (Å²) >= 11 is 0. The third kappa shape index (κ3) is 3.94. The monoisotopic (exact) mass is 134 g/mol. The molecule has 0 aliphatic rings. The highest BCUT2D eigenvalue weighted by Gasteiger charge is 1.81. The fourth-order valence-electron chi connectivity index (χ4n) is 0.631. The van der Waals surface area contributed by atoms with Crippen LogP contribution in [0.1, 0.15) is 20.3 Å². The minimum absolute atomic E-state index is 0.935. The highest BCUT2D eigenvalue weighted by atomic mass is 13.9. The van der Waals surface area contributed by atoms with Crippen LogP contribution in [0.3, 0.4) is 0 Å². The molecule has 0 N–H and O–H groups in total. The first kappa shape index (κ1) is 9.00. The van der Waals surface area contributed by atoms with Gasteiger partial charge in [0.05, 0.1) is 0 Å². The van der Waals surface area contributed by atoms with Gasteiger partial charge in [-0.05, 0) is 31.9 Å². The Morgan fingerprint density at radius 2 is 2.20 bits per heavy atom. The van der Waals surface area contributed by atoms with Crippen LogP contribution in [0, 0.1) is 0 Å². The molecule has 0 aliphatic heterocycles. The van der Waals surface area contributed by atoms with Crippen LogP contribution < -0.4 is 0 Å². The fraction of sp³-hybridized carbons (Fsp3) is 0.300. The molecule has 0 radical (unpaired) electrons. The molecule has 0 heteroatoms. The normalized spacial score (nSPS) is 9.00. The Morgan fingerprint density at radius 1 is 1.50 bits per heavy atom. The van der Waals surface area contributed by atoms with Gasteiger partial charge in [-0.25, -0.2) is 0 Å². The molecule has 0 bridgehead atoms. The minimum Gasteiger partial charge on any atom is -0.122 e. The Hall–Kier alpha value is -1.00. The number of allylic oxidation sites excluding steroid dienone is 4. The van der Waals surface area contributed by atoms with E-state index >= 15 is 0 Å². The van der Waals surface area contributed by atoms with E-state index in [4.69, 9.17) is 0 Å². The molecule has 0 heterocycles. The molecule has 0 saturated carbocycles.